The lowest BCUT2D eigenvalue weighted by atomic mass is 9.95. The maximum Gasteiger partial charge on any atom is 0.418 e. The highest BCUT2D eigenvalue weighted by atomic mass is 19.4. The Kier molecular flexibility index (Phi) is 5.60. The average Bonchev–Trinajstić information content (AvgIpc) is 2.57. The lowest BCUT2D eigenvalue weighted by Crippen LogP contribution is -2.51. The second-order valence-electron chi connectivity index (χ2n) is 8.47. The molecule has 1 aromatic carbocycles. The second-order valence-corrected chi connectivity index (χ2v) is 8.47. The quantitative estimate of drug-likeness (QED) is 0.796. The van der Waals surface area contributed by atoms with Crippen LogP contribution in [0.3, 0.4) is 0 Å². The van der Waals surface area contributed by atoms with Crippen molar-refractivity contribution < 1.29 is 22.7 Å². The fourth-order valence-electron chi connectivity index (χ4n) is 3.65. The molecule has 1 amide bonds. The van der Waals surface area contributed by atoms with Crippen LogP contribution >= 0.6 is 0 Å². The van der Waals surface area contributed by atoms with E-state index in [-0.39, 0.29) is 23.0 Å². The minimum absolute atomic E-state index is 0.174. The summed E-state index contributed by atoms with van der Waals surface area (Å²) in [4.78, 5) is 22.2. The molecule has 0 saturated carbocycles. The van der Waals surface area contributed by atoms with Gasteiger partial charge >= 0.3 is 12.3 Å². The number of halogens is 3. The molecule has 158 valence electrons. The van der Waals surface area contributed by atoms with Crippen LogP contribution in [0.1, 0.15) is 39.7 Å². The van der Waals surface area contributed by atoms with Crippen molar-refractivity contribution in [3.8, 4) is 0 Å². The minimum atomic E-state index is -4.51. The van der Waals surface area contributed by atoms with Crippen LogP contribution in [0, 0.1) is 5.92 Å². The fourth-order valence-corrected chi connectivity index (χ4v) is 3.65. The van der Waals surface area contributed by atoms with Gasteiger partial charge in [-0.2, -0.15) is 13.2 Å². The van der Waals surface area contributed by atoms with Crippen LogP contribution in [-0.4, -0.2) is 40.8 Å². The van der Waals surface area contributed by atoms with E-state index in [4.69, 9.17) is 4.74 Å². The third-order valence-corrected chi connectivity index (χ3v) is 4.63. The number of carbonyl (C=O) groups is 1. The van der Waals surface area contributed by atoms with Gasteiger partial charge in [0.05, 0.1) is 11.3 Å². The monoisotopic (exact) mass is 410 g/mol. The molecule has 9 heteroatoms. The molecule has 2 atom stereocenters. The Morgan fingerprint density at radius 2 is 1.79 bits per heavy atom. The van der Waals surface area contributed by atoms with Gasteiger partial charge in [-0.3, -0.25) is 9.97 Å². The Morgan fingerprint density at radius 3 is 2.41 bits per heavy atom. The lowest BCUT2D eigenvalue weighted by molar-refractivity contribution is -0.136. The number of fused-ring (bicyclic) bond motifs is 1. The van der Waals surface area contributed by atoms with Crippen molar-refractivity contribution >= 4 is 22.8 Å². The van der Waals surface area contributed by atoms with Gasteiger partial charge in [0.2, 0.25) is 0 Å². The number of nitrogens with one attached hydrogen (secondary N) is 1. The molecule has 29 heavy (non-hydrogen) atoms. The van der Waals surface area contributed by atoms with E-state index in [2.05, 4.69) is 15.3 Å². The summed E-state index contributed by atoms with van der Waals surface area (Å²) in [6, 6.07) is 2.28. The molecule has 6 nitrogen and oxygen atoms in total. The van der Waals surface area contributed by atoms with Crippen molar-refractivity contribution in [2.24, 2.45) is 5.92 Å². The summed E-state index contributed by atoms with van der Waals surface area (Å²) in [7, 11) is 0. The molecule has 2 heterocycles. The van der Waals surface area contributed by atoms with Gasteiger partial charge in [0, 0.05) is 31.5 Å². The number of carbonyl (C=O) groups excluding carboxylic acids is 1. The van der Waals surface area contributed by atoms with E-state index in [1.54, 1.807) is 20.8 Å². The normalized spacial score (nSPS) is 20.6. The maximum atomic E-state index is 13.4. The SMILES string of the molecule is C[C@H]1C[C@@H](NC(=O)OC(C)(C)C)CN(c2ccc(C(F)(F)F)c3nccnc23)C1. The highest BCUT2D eigenvalue weighted by Crippen LogP contribution is 2.37. The molecular weight excluding hydrogens is 385 g/mol. The smallest absolute Gasteiger partial charge is 0.418 e. The van der Waals surface area contributed by atoms with Crippen molar-refractivity contribution in [2.45, 2.75) is 51.9 Å². The molecule has 1 aliphatic rings. The molecule has 0 bridgehead atoms. The van der Waals surface area contributed by atoms with E-state index in [1.807, 2.05) is 11.8 Å². The van der Waals surface area contributed by atoms with Crippen LogP contribution in [0.5, 0.6) is 0 Å². The zero-order valence-electron chi connectivity index (χ0n) is 16.9. The number of piperidine rings is 1. The summed E-state index contributed by atoms with van der Waals surface area (Å²) < 4.78 is 45.4. The highest BCUT2D eigenvalue weighted by molar-refractivity contribution is 5.90. The molecule has 1 N–H and O–H groups in total. The molecule has 0 aliphatic carbocycles. The van der Waals surface area contributed by atoms with Crippen LogP contribution in [0.2, 0.25) is 0 Å². The first-order valence-electron chi connectivity index (χ1n) is 9.49. The van der Waals surface area contributed by atoms with Gasteiger partial charge in [0.25, 0.3) is 0 Å². The zero-order valence-corrected chi connectivity index (χ0v) is 16.9. The molecular formula is C20H25F3N4O2. The van der Waals surface area contributed by atoms with Crippen molar-refractivity contribution in [2.75, 3.05) is 18.0 Å². The summed E-state index contributed by atoms with van der Waals surface area (Å²) in [5.74, 6) is 0.220. The molecule has 2 aromatic rings. The van der Waals surface area contributed by atoms with Gasteiger partial charge in [0.15, 0.2) is 0 Å². The average molecular weight is 410 g/mol. The summed E-state index contributed by atoms with van der Waals surface area (Å²) >= 11 is 0. The number of hydrogen-bond donors (Lipinski definition) is 1. The molecule has 3 rings (SSSR count). The van der Waals surface area contributed by atoms with E-state index in [0.29, 0.717) is 18.8 Å². The Hall–Kier alpha value is -2.58. The summed E-state index contributed by atoms with van der Waals surface area (Å²) in [5, 5.41) is 2.87. The third kappa shape index (κ3) is 5.07. The number of hydrogen-bond acceptors (Lipinski definition) is 5. The van der Waals surface area contributed by atoms with Crippen molar-refractivity contribution in [1.29, 1.82) is 0 Å². The number of nitrogens with zero attached hydrogens (tertiary/aromatic N) is 3. The number of anilines is 1. The Balaban J connectivity index is 1.88. The van der Waals surface area contributed by atoms with E-state index in [1.165, 1.54) is 18.5 Å². The van der Waals surface area contributed by atoms with Crippen LogP contribution in [0.15, 0.2) is 24.5 Å². The number of benzene rings is 1. The molecule has 0 unspecified atom stereocenters. The molecule has 1 aliphatic heterocycles. The topological polar surface area (TPSA) is 67.3 Å². The van der Waals surface area contributed by atoms with E-state index in [0.717, 1.165) is 12.5 Å². The summed E-state index contributed by atoms with van der Waals surface area (Å²) in [6.45, 7) is 8.48. The third-order valence-electron chi connectivity index (χ3n) is 4.63. The number of ether oxygens (including phenoxy) is 1. The van der Waals surface area contributed by atoms with Gasteiger partial charge in [-0.1, -0.05) is 6.92 Å². The first-order valence-corrected chi connectivity index (χ1v) is 9.49. The molecule has 0 spiro atoms. The highest BCUT2D eigenvalue weighted by Gasteiger charge is 2.35. The van der Waals surface area contributed by atoms with Crippen LogP contribution in [0.25, 0.3) is 11.0 Å². The van der Waals surface area contributed by atoms with Crippen LogP contribution in [-0.2, 0) is 10.9 Å². The number of alkyl halides is 3. The minimum Gasteiger partial charge on any atom is -0.444 e. The first kappa shape index (κ1) is 21.1. The second kappa shape index (κ2) is 7.68. The number of rotatable bonds is 2. The van der Waals surface area contributed by atoms with Crippen molar-refractivity contribution in [1.82, 2.24) is 15.3 Å². The van der Waals surface area contributed by atoms with E-state index in [9.17, 15) is 18.0 Å². The van der Waals surface area contributed by atoms with Gasteiger partial charge in [-0.25, -0.2) is 4.79 Å². The summed E-state index contributed by atoms with van der Waals surface area (Å²) in [5.41, 5.74) is -0.815. The fraction of sp³-hybridized carbons (Fsp3) is 0.550. The van der Waals surface area contributed by atoms with Gasteiger partial charge in [-0.05, 0) is 45.2 Å². The Morgan fingerprint density at radius 1 is 1.14 bits per heavy atom. The largest absolute Gasteiger partial charge is 0.444 e. The molecule has 0 radical (unpaired) electrons. The molecule has 1 fully saturated rings. The number of aromatic nitrogens is 2. The van der Waals surface area contributed by atoms with Gasteiger partial charge < -0.3 is 15.0 Å². The predicted octanol–water partition coefficient (Wildman–Crippen LogP) is 4.39. The molecule has 1 saturated heterocycles. The van der Waals surface area contributed by atoms with Gasteiger partial charge in [-0.15, -0.1) is 0 Å². The standard InChI is InChI=1S/C20H25F3N4O2/c1-12-9-13(26-18(28)29-19(2,3)4)11-27(10-12)15-6-5-14(20(21,22)23)16-17(15)25-8-7-24-16/h5-8,12-13H,9-11H2,1-4H3,(H,26,28)/t12-,13+/m0/s1. The maximum absolute atomic E-state index is 13.4. The van der Waals surface area contributed by atoms with Crippen molar-refractivity contribution in [3.63, 3.8) is 0 Å². The van der Waals surface area contributed by atoms with Crippen molar-refractivity contribution in [3.05, 3.63) is 30.1 Å². The molecule has 1 aromatic heterocycles. The van der Waals surface area contributed by atoms with Gasteiger partial charge in [0.1, 0.15) is 16.6 Å². The predicted molar refractivity (Wildman–Crippen MR) is 104 cm³/mol. The lowest BCUT2D eigenvalue weighted by Gasteiger charge is -2.38. The first-order chi connectivity index (χ1) is 13.4. The summed E-state index contributed by atoms with van der Waals surface area (Å²) in [6.07, 6.45) is -1.63. The van der Waals surface area contributed by atoms with E-state index >= 15 is 0 Å². The van der Waals surface area contributed by atoms with Crippen LogP contribution in [0.4, 0.5) is 23.7 Å². The zero-order chi connectivity index (χ0) is 21.4. The Bertz CT molecular complexity index is 895. The Labute approximate surface area is 167 Å². The van der Waals surface area contributed by atoms with E-state index < -0.39 is 23.4 Å². The van der Waals surface area contributed by atoms with Crippen LogP contribution < -0.4 is 10.2 Å². The number of amides is 1. The number of alkyl carbamates (subject to hydrolysis) is 1.